The molecule has 0 saturated heterocycles. The third kappa shape index (κ3) is 8.53. The zero-order chi connectivity index (χ0) is 34.0. The van der Waals surface area contributed by atoms with Crippen molar-refractivity contribution in [3.8, 4) is 11.5 Å². The van der Waals surface area contributed by atoms with E-state index in [2.05, 4.69) is 10.9 Å². The van der Waals surface area contributed by atoms with Crippen LogP contribution in [-0.2, 0) is 25.8 Å². The second-order valence-corrected chi connectivity index (χ2v) is 13.8. The number of nitrogens with zero attached hydrogens (tertiary/aromatic N) is 1. The van der Waals surface area contributed by atoms with Gasteiger partial charge in [0.2, 0.25) is 5.90 Å². The minimum Gasteiger partial charge on any atom is -0.497 e. The molecule has 1 aliphatic rings. The first-order chi connectivity index (χ1) is 23.2. The minimum absolute atomic E-state index is 0.0223. The maximum atomic E-state index is 14.3. The zero-order valence-electron chi connectivity index (χ0n) is 26.5. The molecule has 2 atom stereocenters. The molecule has 0 radical (unpaired) electrons. The van der Waals surface area contributed by atoms with Crippen molar-refractivity contribution in [2.24, 2.45) is 4.99 Å². The second-order valence-electron chi connectivity index (χ2n) is 11.2. The molecule has 0 unspecified atom stereocenters. The molecule has 0 bridgehead atoms. The molecular formula is C36H38ClN3O7S. The Hall–Kier alpha value is -4.42. The van der Waals surface area contributed by atoms with Gasteiger partial charge in [-0.2, -0.15) is 0 Å². The number of benzene rings is 4. The van der Waals surface area contributed by atoms with Gasteiger partial charge in [0.05, 0.1) is 24.4 Å². The van der Waals surface area contributed by atoms with Gasteiger partial charge in [-0.1, -0.05) is 54.1 Å². The lowest BCUT2D eigenvalue weighted by Gasteiger charge is -2.30. The van der Waals surface area contributed by atoms with Gasteiger partial charge in [0, 0.05) is 36.6 Å². The van der Waals surface area contributed by atoms with Crippen molar-refractivity contribution in [3.63, 3.8) is 0 Å². The molecule has 1 amide bonds. The fourth-order valence-electron chi connectivity index (χ4n) is 5.32. The van der Waals surface area contributed by atoms with Crippen LogP contribution in [0.25, 0.3) is 0 Å². The molecule has 5 rings (SSSR count). The highest BCUT2D eigenvalue weighted by Gasteiger charge is 2.53. The number of methoxy groups -OCH3 is 1. The minimum atomic E-state index is -3.80. The molecule has 3 N–H and O–H groups in total. The lowest BCUT2D eigenvalue weighted by atomic mass is 9.85. The standard InChI is InChI=1S/C36H38ClN3O7S/c1-45-31-8-5-7-28(25-31)33-36(20-24-48(43,44)32-9-3-2-4-10-32,35(42)40-38-21-19-26-11-15-29(37)16-12-26)39-34(47-33)27-13-17-30(18-14-27)46-23-6-22-41/h2-5,7-18,25,33,38,41H,6,19-24H2,1H3,(H,40,42)/t33-,36-/m0/s1. The number of amides is 1. The van der Waals surface area contributed by atoms with Crippen LogP contribution in [0.3, 0.4) is 0 Å². The Morgan fingerprint density at radius 1 is 0.979 bits per heavy atom. The van der Waals surface area contributed by atoms with Gasteiger partial charge in [0.25, 0.3) is 5.91 Å². The van der Waals surface area contributed by atoms with Gasteiger partial charge in [-0.05, 0) is 78.2 Å². The summed E-state index contributed by atoms with van der Waals surface area (Å²) in [5.41, 5.74) is 6.29. The van der Waals surface area contributed by atoms with Crippen LogP contribution in [-0.4, -0.2) is 63.5 Å². The smallest absolute Gasteiger partial charge is 0.266 e. The highest BCUT2D eigenvalue weighted by atomic mass is 35.5. The predicted octanol–water partition coefficient (Wildman–Crippen LogP) is 5.09. The van der Waals surface area contributed by atoms with E-state index in [0.717, 1.165) is 5.56 Å². The lowest BCUT2D eigenvalue weighted by molar-refractivity contribution is -0.130. The molecule has 0 aliphatic carbocycles. The van der Waals surface area contributed by atoms with Crippen LogP contribution in [0.1, 0.15) is 35.6 Å². The Balaban J connectivity index is 1.49. The fraction of sp³-hybridized carbons (Fsp3) is 0.278. The molecule has 4 aromatic rings. The molecule has 1 heterocycles. The Kier molecular flexibility index (Phi) is 11.7. The van der Waals surface area contributed by atoms with Gasteiger partial charge in [-0.25, -0.2) is 18.8 Å². The number of aliphatic hydroxyl groups is 1. The van der Waals surface area contributed by atoms with Crippen molar-refractivity contribution in [2.75, 3.05) is 32.6 Å². The SMILES string of the molecule is COc1cccc([C@@H]2OC(c3ccc(OCCCO)cc3)=N[C@]2(CCS(=O)(=O)c2ccccc2)C(=O)NNCCc2ccc(Cl)cc2)c1. The first-order valence-electron chi connectivity index (χ1n) is 15.5. The largest absolute Gasteiger partial charge is 0.497 e. The first-order valence-corrected chi connectivity index (χ1v) is 17.6. The van der Waals surface area contributed by atoms with Crippen LogP contribution in [0.5, 0.6) is 11.5 Å². The van der Waals surface area contributed by atoms with E-state index in [1.54, 1.807) is 78.9 Å². The molecule has 252 valence electrons. The fourth-order valence-corrected chi connectivity index (χ4v) is 6.83. The number of carbonyl (C=O) groups is 1. The second kappa shape index (κ2) is 16.1. The van der Waals surface area contributed by atoms with E-state index < -0.39 is 27.4 Å². The summed E-state index contributed by atoms with van der Waals surface area (Å²) >= 11 is 6.01. The third-order valence-corrected chi connectivity index (χ3v) is 9.92. The average molecular weight is 692 g/mol. The van der Waals surface area contributed by atoms with Crippen LogP contribution in [0.2, 0.25) is 5.02 Å². The third-order valence-electron chi connectivity index (χ3n) is 7.93. The Labute approximate surface area is 285 Å². The summed E-state index contributed by atoms with van der Waals surface area (Å²) in [6.45, 7) is 0.772. The summed E-state index contributed by atoms with van der Waals surface area (Å²) in [6.07, 6.45) is -0.0732. The van der Waals surface area contributed by atoms with Gasteiger partial charge in [0.15, 0.2) is 21.5 Å². The Morgan fingerprint density at radius 2 is 1.73 bits per heavy atom. The van der Waals surface area contributed by atoms with Crippen molar-refractivity contribution in [1.29, 1.82) is 0 Å². The number of hydrogen-bond acceptors (Lipinski definition) is 9. The molecule has 4 aromatic carbocycles. The first kappa shape index (κ1) is 34.9. The van der Waals surface area contributed by atoms with E-state index in [0.29, 0.717) is 53.6 Å². The van der Waals surface area contributed by atoms with Gasteiger partial charge >= 0.3 is 0 Å². The van der Waals surface area contributed by atoms with E-state index in [4.69, 9.17) is 35.9 Å². The van der Waals surface area contributed by atoms with Crippen molar-refractivity contribution >= 4 is 33.2 Å². The normalized spacial score (nSPS) is 17.3. The maximum Gasteiger partial charge on any atom is 0.266 e. The summed E-state index contributed by atoms with van der Waals surface area (Å²) in [7, 11) is -2.26. The van der Waals surface area contributed by atoms with E-state index in [-0.39, 0.29) is 29.6 Å². The summed E-state index contributed by atoms with van der Waals surface area (Å²) in [4.78, 5) is 19.4. The number of carbonyl (C=O) groups excluding carboxylic acids is 1. The molecule has 0 fully saturated rings. The number of aliphatic imine (C=N–C) groups is 1. The molecule has 0 spiro atoms. The summed E-state index contributed by atoms with van der Waals surface area (Å²) in [6, 6.07) is 29.7. The van der Waals surface area contributed by atoms with Crippen LogP contribution < -0.4 is 20.3 Å². The predicted molar refractivity (Wildman–Crippen MR) is 184 cm³/mol. The molecular weight excluding hydrogens is 654 g/mol. The molecule has 48 heavy (non-hydrogen) atoms. The van der Waals surface area contributed by atoms with E-state index in [1.165, 1.54) is 19.2 Å². The van der Waals surface area contributed by atoms with Crippen LogP contribution in [0, 0.1) is 0 Å². The van der Waals surface area contributed by atoms with Gasteiger partial charge < -0.3 is 19.3 Å². The van der Waals surface area contributed by atoms with E-state index in [1.807, 2.05) is 12.1 Å². The quantitative estimate of drug-likeness (QED) is 0.109. The highest BCUT2D eigenvalue weighted by Crippen LogP contribution is 2.43. The highest BCUT2D eigenvalue weighted by molar-refractivity contribution is 7.91. The van der Waals surface area contributed by atoms with Crippen molar-refractivity contribution in [3.05, 3.63) is 125 Å². The van der Waals surface area contributed by atoms with Crippen LogP contribution >= 0.6 is 11.6 Å². The van der Waals surface area contributed by atoms with E-state index in [9.17, 15) is 13.2 Å². The number of ether oxygens (including phenoxy) is 3. The molecule has 0 aromatic heterocycles. The maximum absolute atomic E-state index is 14.3. The number of rotatable bonds is 16. The van der Waals surface area contributed by atoms with Crippen LogP contribution in [0.4, 0.5) is 0 Å². The molecule has 10 nitrogen and oxygen atoms in total. The van der Waals surface area contributed by atoms with Gasteiger partial charge in [-0.15, -0.1) is 0 Å². The van der Waals surface area contributed by atoms with Gasteiger partial charge in [-0.3, -0.25) is 10.2 Å². The average Bonchev–Trinajstić information content (AvgIpc) is 3.52. The molecule has 0 saturated carbocycles. The number of sulfone groups is 1. The van der Waals surface area contributed by atoms with Crippen molar-refractivity contribution < 1.29 is 32.5 Å². The number of hydrogen-bond donors (Lipinski definition) is 3. The molecule has 12 heteroatoms. The zero-order valence-corrected chi connectivity index (χ0v) is 28.0. The Morgan fingerprint density at radius 3 is 2.44 bits per heavy atom. The number of nitrogens with one attached hydrogen (secondary N) is 2. The number of halogens is 1. The number of aliphatic hydroxyl groups excluding tert-OH is 1. The summed E-state index contributed by atoms with van der Waals surface area (Å²) in [5, 5.41) is 9.70. The molecule has 1 aliphatic heterocycles. The van der Waals surface area contributed by atoms with Gasteiger partial charge in [0.1, 0.15) is 11.5 Å². The monoisotopic (exact) mass is 691 g/mol. The van der Waals surface area contributed by atoms with Crippen LogP contribution in [0.15, 0.2) is 113 Å². The topological polar surface area (TPSA) is 136 Å². The van der Waals surface area contributed by atoms with E-state index >= 15 is 0 Å². The lowest BCUT2D eigenvalue weighted by Crippen LogP contribution is -2.53. The Bertz CT molecular complexity index is 1800. The number of hydrazine groups is 1. The van der Waals surface area contributed by atoms with Crippen molar-refractivity contribution in [1.82, 2.24) is 10.9 Å². The summed E-state index contributed by atoms with van der Waals surface area (Å²) in [5.74, 6) is 0.402. The summed E-state index contributed by atoms with van der Waals surface area (Å²) < 4.78 is 44.7. The van der Waals surface area contributed by atoms with Crippen molar-refractivity contribution in [2.45, 2.75) is 35.8 Å².